The van der Waals surface area contributed by atoms with Crippen molar-refractivity contribution in [1.29, 1.82) is 0 Å². The van der Waals surface area contributed by atoms with Crippen molar-refractivity contribution in [3.8, 4) is 17.6 Å². The predicted molar refractivity (Wildman–Crippen MR) is 105 cm³/mol. The van der Waals surface area contributed by atoms with E-state index in [4.69, 9.17) is 39.8 Å². The molecule has 0 aliphatic carbocycles. The second-order valence-corrected chi connectivity index (χ2v) is 6.40. The summed E-state index contributed by atoms with van der Waals surface area (Å²) in [5.41, 5.74) is 5.32. The molecule has 1 aromatic heterocycles. The highest BCUT2D eigenvalue weighted by atomic mass is 16.5. The minimum absolute atomic E-state index is 0.0399. The Morgan fingerprint density at radius 1 is 1.14 bits per heavy atom. The van der Waals surface area contributed by atoms with Crippen LogP contribution >= 0.6 is 0 Å². The van der Waals surface area contributed by atoms with Crippen molar-refractivity contribution < 1.29 is 34.1 Å². The minimum Gasteiger partial charge on any atom is -0.493 e. The van der Waals surface area contributed by atoms with Gasteiger partial charge in [-0.3, -0.25) is 0 Å². The van der Waals surface area contributed by atoms with E-state index < -0.39 is 17.5 Å². The largest absolute Gasteiger partial charge is 0.493 e. The van der Waals surface area contributed by atoms with Crippen LogP contribution in [0.4, 0.5) is 0 Å². The van der Waals surface area contributed by atoms with Gasteiger partial charge in [0, 0.05) is 18.4 Å². The number of carboxylic acid groups (broad SMARTS) is 2. The fourth-order valence-corrected chi connectivity index (χ4v) is 1.95. The monoisotopic (exact) mass is 403 g/mol. The average molecular weight is 403 g/mol. The quantitative estimate of drug-likeness (QED) is 0.312. The number of aliphatic hydroxyl groups excluding tert-OH is 1. The Bertz CT molecular complexity index is 819. The van der Waals surface area contributed by atoms with Crippen LogP contribution in [-0.4, -0.2) is 46.0 Å². The maximum Gasteiger partial charge on any atom is 0.414 e. The van der Waals surface area contributed by atoms with Crippen molar-refractivity contribution in [1.82, 2.24) is 0 Å². The molecule has 1 heterocycles. The van der Waals surface area contributed by atoms with Gasteiger partial charge in [0.05, 0.1) is 13.2 Å². The van der Waals surface area contributed by atoms with Crippen molar-refractivity contribution in [3.63, 3.8) is 0 Å². The Hall–Kier alpha value is -3.28. The van der Waals surface area contributed by atoms with Crippen LogP contribution in [0.5, 0.6) is 5.75 Å². The lowest BCUT2D eigenvalue weighted by Crippen LogP contribution is -2.40. The molecule has 0 saturated carbocycles. The number of furan rings is 1. The molecule has 0 spiro atoms. The molecule has 8 nitrogen and oxygen atoms in total. The Morgan fingerprint density at radius 3 is 2.38 bits per heavy atom. The normalized spacial score (nSPS) is 11.8. The molecule has 2 rings (SSSR count). The van der Waals surface area contributed by atoms with Crippen LogP contribution in [-0.2, 0) is 16.0 Å². The van der Waals surface area contributed by atoms with Gasteiger partial charge in [-0.15, -0.1) is 0 Å². The SMILES string of the molecule is C[C@](N)(CO)CCc1ccc(C#CCCOc2ccccc2)o1.O=C(O)C(=O)O. The van der Waals surface area contributed by atoms with Crippen molar-refractivity contribution in [2.24, 2.45) is 5.73 Å². The number of ether oxygens (including phenoxy) is 1. The lowest BCUT2D eigenvalue weighted by Gasteiger charge is -2.20. The van der Waals surface area contributed by atoms with Crippen molar-refractivity contribution in [3.05, 3.63) is 54.0 Å². The molecule has 8 heteroatoms. The van der Waals surface area contributed by atoms with Crippen LogP contribution in [0.3, 0.4) is 0 Å². The Labute approximate surface area is 168 Å². The zero-order chi connectivity index (χ0) is 21.7. The number of benzene rings is 1. The maximum absolute atomic E-state index is 9.14. The molecule has 2 aromatic rings. The molecule has 0 aliphatic rings. The van der Waals surface area contributed by atoms with E-state index in [9.17, 15) is 0 Å². The van der Waals surface area contributed by atoms with E-state index in [1.807, 2.05) is 49.4 Å². The molecule has 156 valence electrons. The Morgan fingerprint density at radius 2 is 1.79 bits per heavy atom. The van der Waals surface area contributed by atoms with Gasteiger partial charge in [-0.25, -0.2) is 9.59 Å². The first-order valence-electron chi connectivity index (χ1n) is 8.85. The minimum atomic E-state index is -1.82. The van der Waals surface area contributed by atoms with E-state index in [2.05, 4.69) is 11.8 Å². The van der Waals surface area contributed by atoms with Crippen LogP contribution in [0.25, 0.3) is 0 Å². The number of aryl methyl sites for hydroxylation is 1. The molecule has 29 heavy (non-hydrogen) atoms. The van der Waals surface area contributed by atoms with Gasteiger partial charge in [-0.1, -0.05) is 24.1 Å². The van der Waals surface area contributed by atoms with E-state index in [0.717, 1.165) is 11.5 Å². The second-order valence-electron chi connectivity index (χ2n) is 6.40. The van der Waals surface area contributed by atoms with Gasteiger partial charge in [-0.05, 0) is 43.5 Å². The number of nitrogens with two attached hydrogens (primary N) is 1. The number of hydrogen-bond acceptors (Lipinski definition) is 6. The van der Waals surface area contributed by atoms with Gasteiger partial charge in [0.25, 0.3) is 0 Å². The van der Waals surface area contributed by atoms with E-state index in [0.29, 0.717) is 31.6 Å². The van der Waals surface area contributed by atoms with E-state index in [1.54, 1.807) is 0 Å². The van der Waals surface area contributed by atoms with Crippen LogP contribution in [0.2, 0.25) is 0 Å². The number of carbonyl (C=O) groups is 2. The summed E-state index contributed by atoms with van der Waals surface area (Å²) in [6, 6.07) is 13.4. The molecular weight excluding hydrogens is 378 g/mol. The third kappa shape index (κ3) is 10.6. The number of aliphatic carboxylic acids is 2. The first kappa shape index (κ1) is 23.8. The summed E-state index contributed by atoms with van der Waals surface area (Å²) in [6.07, 6.45) is 1.98. The summed E-state index contributed by atoms with van der Waals surface area (Å²) >= 11 is 0. The highest BCUT2D eigenvalue weighted by Gasteiger charge is 2.17. The van der Waals surface area contributed by atoms with Crippen molar-refractivity contribution in [2.45, 2.75) is 31.7 Å². The summed E-state index contributed by atoms with van der Waals surface area (Å²) in [5, 5.41) is 23.9. The maximum atomic E-state index is 9.14. The van der Waals surface area contributed by atoms with Crippen LogP contribution in [0, 0.1) is 11.8 Å². The first-order chi connectivity index (χ1) is 13.7. The highest BCUT2D eigenvalue weighted by molar-refractivity contribution is 6.27. The molecule has 0 amide bonds. The number of carboxylic acids is 2. The van der Waals surface area contributed by atoms with Crippen LogP contribution in [0.15, 0.2) is 46.9 Å². The highest BCUT2D eigenvalue weighted by Crippen LogP contribution is 2.14. The standard InChI is InChI=1S/C19H23NO3.C2H2O4/c1-19(20,15-21)13-12-18-11-10-17(23-18)9-5-6-14-22-16-7-3-2-4-8-16;3-1(4)2(5)6/h2-4,7-8,10-11,21H,6,12-15,20H2,1H3;(H,3,4)(H,5,6)/t19-;/m1./s1. The molecule has 5 N–H and O–H groups in total. The topological polar surface area (TPSA) is 143 Å². The number of hydrogen-bond donors (Lipinski definition) is 4. The number of para-hydroxylation sites is 1. The zero-order valence-electron chi connectivity index (χ0n) is 16.1. The third-order valence-electron chi connectivity index (χ3n) is 3.60. The fraction of sp³-hybridized carbons (Fsp3) is 0.333. The van der Waals surface area contributed by atoms with E-state index >= 15 is 0 Å². The molecule has 0 radical (unpaired) electrons. The smallest absolute Gasteiger partial charge is 0.414 e. The summed E-state index contributed by atoms with van der Waals surface area (Å²) in [4.78, 5) is 18.2. The van der Waals surface area contributed by atoms with Gasteiger partial charge in [0.2, 0.25) is 0 Å². The van der Waals surface area contributed by atoms with Crippen molar-refractivity contribution >= 4 is 11.9 Å². The lowest BCUT2D eigenvalue weighted by molar-refractivity contribution is -0.159. The number of rotatable bonds is 7. The molecular formula is C21H25NO7. The summed E-state index contributed by atoms with van der Waals surface area (Å²) in [7, 11) is 0. The van der Waals surface area contributed by atoms with E-state index in [1.165, 1.54) is 0 Å². The van der Waals surface area contributed by atoms with Crippen molar-refractivity contribution in [2.75, 3.05) is 13.2 Å². The fourth-order valence-electron chi connectivity index (χ4n) is 1.95. The van der Waals surface area contributed by atoms with Crippen LogP contribution < -0.4 is 10.5 Å². The van der Waals surface area contributed by atoms with Gasteiger partial charge < -0.3 is 30.2 Å². The lowest BCUT2D eigenvalue weighted by atomic mass is 9.98. The molecule has 0 fully saturated rings. The third-order valence-corrected chi connectivity index (χ3v) is 3.60. The molecule has 1 atom stereocenters. The molecule has 1 aromatic carbocycles. The average Bonchev–Trinajstić information content (AvgIpc) is 3.15. The predicted octanol–water partition coefficient (Wildman–Crippen LogP) is 1.90. The van der Waals surface area contributed by atoms with Crippen LogP contribution in [0.1, 0.15) is 31.3 Å². The summed E-state index contributed by atoms with van der Waals surface area (Å²) < 4.78 is 11.2. The Kier molecular flexibility index (Phi) is 10.0. The molecule has 0 unspecified atom stereocenters. The zero-order valence-corrected chi connectivity index (χ0v) is 16.1. The Balaban J connectivity index is 0.000000612. The molecule has 0 saturated heterocycles. The second kappa shape index (κ2) is 12.2. The van der Waals surface area contributed by atoms with Gasteiger partial charge in [-0.2, -0.15) is 0 Å². The van der Waals surface area contributed by atoms with Gasteiger partial charge >= 0.3 is 11.9 Å². The van der Waals surface area contributed by atoms with E-state index in [-0.39, 0.29) is 6.61 Å². The summed E-state index contributed by atoms with van der Waals surface area (Å²) in [5.74, 6) is 4.70. The molecule has 0 bridgehead atoms. The first-order valence-corrected chi connectivity index (χ1v) is 8.85. The summed E-state index contributed by atoms with van der Waals surface area (Å²) in [6.45, 7) is 2.33. The van der Waals surface area contributed by atoms with Gasteiger partial charge in [0.1, 0.15) is 11.5 Å². The number of aliphatic hydroxyl groups is 1. The van der Waals surface area contributed by atoms with Gasteiger partial charge in [0.15, 0.2) is 5.76 Å². The molecule has 0 aliphatic heterocycles.